The summed E-state index contributed by atoms with van der Waals surface area (Å²) >= 11 is 0. The summed E-state index contributed by atoms with van der Waals surface area (Å²) in [6.07, 6.45) is 1.72. The third-order valence-corrected chi connectivity index (χ3v) is 5.21. The zero-order valence-electron chi connectivity index (χ0n) is 15.6. The normalized spacial score (nSPS) is 18.4. The molecule has 3 aromatic rings. The van der Waals surface area contributed by atoms with Gasteiger partial charge in [-0.25, -0.2) is 4.98 Å². The van der Waals surface area contributed by atoms with E-state index in [9.17, 15) is 18.0 Å². The summed E-state index contributed by atoms with van der Waals surface area (Å²) in [6.45, 7) is 1.17. The highest BCUT2D eigenvalue weighted by molar-refractivity contribution is 5.82. The maximum atomic E-state index is 12.7. The van der Waals surface area contributed by atoms with E-state index < -0.39 is 11.7 Å². The van der Waals surface area contributed by atoms with Crippen molar-refractivity contribution in [2.24, 2.45) is 5.92 Å². The zero-order valence-corrected chi connectivity index (χ0v) is 15.6. The molecule has 0 radical (unpaired) electrons. The van der Waals surface area contributed by atoms with Crippen LogP contribution in [-0.4, -0.2) is 15.5 Å². The lowest BCUT2D eigenvalue weighted by Crippen LogP contribution is -2.24. The van der Waals surface area contributed by atoms with Crippen molar-refractivity contribution in [3.63, 3.8) is 0 Å². The fourth-order valence-electron chi connectivity index (χ4n) is 3.45. The molecule has 0 aliphatic heterocycles. The quantitative estimate of drug-likeness (QED) is 0.669. The van der Waals surface area contributed by atoms with Gasteiger partial charge in [0.05, 0.1) is 11.9 Å². The first-order valence-electron chi connectivity index (χ1n) is 9.38. The van der Waals surface area contributed by atoms with Gasteiger partial charge in [-0.2, -0.15) is 13.2 Å². The van der Waals surface area contributed by atoms with Crippen LogP contribution in [0.5, 0.6) is 0 Å². The summed E-state index contributed by atoms with van der Waals surface area (Å²) in [5.74, 6) is -0.237. The first-order valence-corrected chi connectivity index (χ1v) is 9.38. The van der Waals surface area contributed by atoms with Crippen LogP contribution in [-0.2, 0) is 24.1 Å². The second-order valence-corrected chi connectivity index (χ2v) is 7.34. The molecule has 1 aromatic heterocycles. The molecular weight excluding hydrogens is 379 g/mol. The molecular formula is C22H20F3N3O. The Balaban J connectivity index is 1.27. The minimum absolute atomic E-state index is 0.00478. The molecule has 1 aliphatic carbocycles. The molecule has 7 heteroatoms. The molecule has 4 rings (SSSR count). The molecule has 1 aliphatic rings. The fraction of sp³-hybridized carbons (Fsp3) is 0.273. The molecule has 1 heterocycles. The van der Waals surface area contributed by atoms with Gasteiger partial charge in [0.1, 0.15) is 0 Å². The minimum Gasteiger partial charge on any atom is -0.352 e. The SMILES string of the molecule is O=C(NCc1ccc(Cn2ccnc2)cc1)C1CC1c1ccc(C(F)(F)F)cc1. The zero-order chi connectivity index (χ0) is 20.4. The number of alkyl halides is 3. The van der Waals surface area contributed by atoms with Crippen LogP contribution in [0.3, 0.4) is 0 Å². The molecule has 0 spiro atoms. The Bertz CT molecular complexity index is 964. The van der Waals surface area contributed by atoms with E-state index in [-0.39, 0.29) is 17.7 Å². The predicted octanol–water partition coefficient (Wildman–Crippen LogP) is 4.37. The first kappa shape index (κ1) is 19.2. The van der Waals surface area contributed by atoms with Crippen LogP contribution in [0.15, 0.2) is 67.3 Å². The van der Waals surface area contributed by atoms with Crippen molar-refractivity contribution in [2.45, 2.75) is 31.6 Å². The van der Waals surface area contributed by atoms with Gasteiger partial charge < -0.3 is 9.88 Å². The van der Waals surface area contributed by atoms with E-state index >= 15 is 0 Å². The summed E-state index contributed by atoms with van der Waals surface area (Å²) in [5, 5.41) is 2.93. The number of rotatable bonds is 6. The van der Waals surface area contributed by atoms with Gasteiger partial charge in [-0.15, -0.1) is 0 Å². The van der Waals surface area contributed by atoms with Crippen LogP contribution >= 0.6 is 0 Å². The highest BCUT2D eigenvalue weighted by Crippen LogP contribution is 2.48. The molecule has 1 N–H and O–H groups in total. The number of carbonyl (C=O) groups excluding carboxylic acids is 1. The van der Waals surface area contributed by atoms with Crippen LogP contribution in [0.25, 0.3) is 0 Å². The van der Waals surface area contributed by atoms with Crippen molar-refractivity contribution in [3.8, 4) is 0 Å². The predicted molar refractivity (Wildman–Crippen MR) is 102 cm³/mol. The molecule has 2 atom stereocenters. The van der Waals surface area contributed by atoms with Crippen LogP contribution in [0, 0.1) is 5.92 Å². The summed E-state index contributed by atoms with van der Waals surface area (Å²) in [4.78, 5) is 16.4. The Morgan fingerprint density at radius 1 is 1.07 bits per heavy atom. The Kier molecular flexibility index (Phi) is 5.13. The van der Waals surface area contributed by atoms with Gasteiger partial charge in [0, 0.05) is 31.4 Å². The van der Waals surface area contributed by atoms with E-state index in [1.807, 2.05) is 35.0 Å². The largest absolute Gasteiger partial charge is 0.416 e. The molecule has 0 saturated heterocycles. The molecule has 0 bridgehead atoms. The Labute approximate surface area is 166 Å². The van der Waals surface area contributed by atoms with Gasteiger partial charge in [0.25, 0.3) is 0 Å². The highest BCUT2D eigenvalue weighted by Gasteiger charge is 2.44. The summed E-state index contributed by atoms with van der Waals surface area (Å²) in [6, 6.07) is 13.1. The third-order valence-electron chi connectivity index (χ3n) is 5.21. The molecule has 2 aromatic carbocycles. The van der Waals surface area contributed by atoms with Gasteiger partial charge in [0.15, 0.2) is 0 Å². The van der Waals surface area contributed by atoms with Crippen molar-refractivity contribution in [3.05, 3.63) is 89.5 Å². The van der Waals surface area contributed by atoms with E-state index in [0.29, 0.717) is 13.0 Å². The van der Waals surface area contributed by atoms with Crippen molar-refractivity contribution in [2.75, 3.05) is 0 Å². The Morgan fingerprint density at radius 2 is 1.76 bits per heavy atom. The van der Waals surface area contributed by atoms with Gasteiger partial charge >= 0.3 is 6.18 Å². The monoisotopic (exact) mass is 399 g/mol. The van der Waals surface area contributed by atoms with Crippen molar-refractivity contribution in [1.29, 1.82) is 0 Å². The number of benzene rings is 2. The smallest absolute Gasteiger partial charge is 0.352 e. The molecule has 150 valence electrons. The maximum Gasteiger partial charge on any atom is 0.416 e. The summed E-state index contributed by atoms with van der Waals surface area (Å²) < 4.78 is 39.9. The number of imidazole rings is 1. The number of carbonyl (C=O) groups is 1. The van der Waals surface area contributed by atoms with Crippen molar-refractivity contribution >= 4 is 5.91 Å². The molecule has 4 nitrogen and oxygen atoms in total. The second-order valence-electron chi connectivity index (χ2n) is 7.34. The summed E-state index contributed by atoms with van der Waals surface area (Å²) in [7, 11) is 0. The number of halogens is 3. The minimum atomic E-state index is -4.34. The second kappa shape index (κ2) is 7.73. The Morgan fingerprint density at radius 3 is 2.38 bits per heavy atom. The molecule has 1 saturated carbocycles. The summed E-state index contributed by atoms with van der Waals surface area (Å²) in [5.41, 5.74) is 2.25. The van der Waals surface area contributed by atoms with Crippen molar-refractivity contribution in [1.82, 2.24) is 14.9 Å². The van der Waals surface area contributed by atoms with Gasteiger partial charge in [-0.05, 0) is 41.2 Å². The lowest BCUT2D eigenvalue weighted by Gasteiger charge is -2.08. The Hall–Kier alpha value is -3.09. The fourth-order valence-corrected chi connectivity index (χ4v) is 3.45. The molecule has 29 heavy (non-hydrogen) atoms. The van der Waals surface area contributed by atoms with E-state index in [4.69, 9.17) is 0 Å². The number of amides is 1. The average Bonchev–Trinajstić information content (AvgIpc) is 3.35. The maximum absolute atomic E-state index is 12.7. The standard InChI is InChI=1S/C22H20F3N3O/c23-22(24,25)18-7-5-17(6-8-18)19-11-20(19)21(29)27-12-15-1-3-16(4-2-15)13-28-10-9-26-14-28/h1-10,14,19-20H,11-13H2,(H,27,29). The van der Waals surface area contributed by atoms with E-state index in [0.717, 1.165) is 35.4 Å². The van der Waals surface area contributed by atoms with Gasteiger partial charge in [0.2, 0.25) is 5.91 Å². The van der Waals surface area contributed by atoms with Gasteiger partial charge in [-0.1, -0.05) is 36.4 Å². The van der Waals surface area contributed by atoms with Crippen LogP contribution in [0.2, 0.25) is 0 Å². The number of nitrogens with one attached hydrogen (secondary N) is 1. The molecule has 1 amide bonds. The number of hydrogen-bond acceptors (Lipinski definition) is 2. The first-order chi connectivity index (χ1) is 13.9. The van der Waals surface area contributed by atoms with Crippen molar-refractivity contribution < 1.29 is 18.0 Å². The van der Waals surface area contributed by atoms with E-state index in [2.05, 4.69) is 10.3 Å². The topological polar surface area (TPSA) is 46.9 Å². The molecule has 1 fully saturated rings. The van der Waals surface area contributed by atoms with Crippen LogP contribution in [0.4, 0.5) is 13.2 Å². The van der Waals surface area contributed by atoms with Crippen LogP contribution in [0.1, 0.15) is 34.6 Å². The van der Waals surface area contributed by atoms with Gasteiger partial charge in [-0.3, -0.25) is 4.79 Å². The van der Waals surface area contributed by atoms with E-state index in [1.165, 1.54) is 12.1 Å². The molecule has 2 unspecified atom stereocenters. The lowest BCUT2D eigenvalue weighted by molar-refractivity contribution is -0.137. The third kappa shape index (κ3) is 4.67. The number of nitrogens with zero attached hydrogens (tertiary/aromatic N) is 2. The lowest BCUT2D eigenvalue weighted by atomic mass is 10.1. The number of aromatic nitrogens is 2. The number of hydrogen-bond donors (Lipinski definition) is 1. The van der Waals surface area contributed by atoms with E-state index in [1.54, 1.807) is 12.5 Å². The average molecular weight is 399 g/mol. The highest BCUT2D eigenvalue weighted by atomic mass is 19.4. The van der Waals surface area contributed by atoms with Crippen LogP contribution < -0.4 is 5.32 Å².